The van der Waals surface area contributed by atoms with Gasteiger partial charge in [0.05, 0.1) is 17.3 Å². The van der Waals surface area contributed by atoms with Gasteiger partial charge in [-0.05, 0) is 41.0 Å². The van der Waals surface area contributed by atoms with E-state index in [0.717, 1.165) is 33.5 Å². The summed E-state index contributed by atoms with van der Waals surface area (Å²) in [5, 5.41) is 12.7. The molecule has 0 aliphatic heterocycles. The van der Waals surface area contributed by atoms with Crippen molar-refractivity contribution in [3.8, 4) is 11.1 Å². The number of hydrogen-bond acceptors (Lipinski definition) is 5. The zero-order chi connectivity index (χ0) is 24.3. The molecule has 0 unspecified atom stereocenters. The van der Waals surface area contributed by atoms with Crippen molar-refractivity contribution in [2.24, 2.45) is 10.7 Å². The fraction of sp³-hybridized carbons (Fsp3) is 0.259. The van der Waals surface area contributed by atoms with Gasteiger partial charge in [0, 0.05) is 25.0 Å². The molecule has 174 valence electrons. The molecular weight excluding hydrogens is 426 g/mol. The minimum atomic E-state index is -0.741. The van der Waals surface area contributed by atoms with Crippen molar-refractivity contribution in [3.63, 3.8) is 0 Å². The summed E-state index contributed by atoms with van der Waals surface area (Å²) in [6, 6.07) is 15.8. The van der Waals surface area contributed by atoms with Gasteiger partial charge in [-0.25, -0.2) is 4.98 Å². The van der Waals surface area contributed by atoms with E-state index in [1.54, 1.807) is 19.4 Å². The van der Waals surface area contributed by atoms with Crippen LogP contribution in [0.3, 0.4) is 0 Å². The molecule has 0 spiro atoms. The molecule has 1 aliphatic rings. The molecule has 4 rings (SSSR count). The molecule has 34 heavy (non-hydrogen) atoms. The first-order valence-corrected chi connectivity index (χ1v) is 11.3. The predicted molar refractivity (Wildman–Crippen MR) is 136 cm³/mol. The Morgan fingerprint density at radius 2 is 1.71 bits per heavy atom. The number of aliphatic imine (C=N–C) groups is 1. The molecule has 0 atom stereocenters. The van der Waals surface area contributed by atoms with Crippen molar-refractivity contribution in [3.05, 3.63) is 83.9 Å². The number of hydrogen-bond donors (Lipinski definition) is 3. The van der Waals surface area contributed by atoms with E-state index in [0.29, 0.717) is 24.5 Å². The van der Waals surface area contributed by atoms with Crippen LogP contribution in [0.25, 0.3) is 16.7 Å². The zero-order valence-corrected chi connectivity index (χ0v) is 19.6. The van der Waals surface area contributed by atoms with Crippen molar-refractivity contribution in [2.75, 3.05) is 12.4 Å². The summed E-state index contributed by atoms with van der Waals surface area (Å²) in [6.07, 6.45) is 6.35. The third-order valence-corrected chi connectivity index (χ3v) is 6.26. The van der Waals surface area contributed by atoms with Crippen LogP contribution >= 0.6 is 0 Å². The lowest BCUT2D eigenvalue weighted by Gasteiger charge is -2.14. The van der Waals surface area contributed by atoms with E-state index in [1.165, 1.54) is 6.20 Å². The highest BCUT2D eigenvalue weighted by molar-refractivity contribution is 6.28. The average Bonchev–Trinajstić information content (AvgIpc) is 3.67. The molecule has 1 aliphatic carbocycles. The summed E-state index contributed by atoms with van der Waals surface area (Å²) in [6.45, 7) is 4.14. The molecule has 1 fully saturated rings. The highest BCUT2D eigenvalue weighted by atomic mass is 16.4. The second-order valence-corrected chi connectivity index (χ2v) is 8.80. The quantitative estimate of drug-likeness (QED) is 0.348. The number of carbonyl (C=O) groups is 1. The molecule has 0 amide bonds. The molecule has 7 nitrogen and oxygen atoms in total. The molecule has 0 radical (unpaired) electrons. The van der Waals surface area contributed by atoms with Gasteiger partial charge in [-0.3, -0.25) is 14.8 Å². The summed E-state index contributed by atoms with van der Waals surface area (Å²) < 4.78 is 0. The minimum Gasteiger partial charge on any atom is -0.481 e. The standard InChI is InChI=1S/C27H29N5O2/c1-17(2)23-15-30-16-24(31-23)32-25(29-3)22(14-28)20-6-4-18(5-7-20)19-8-10-21(11-9-19)27(12-13-27)26(33)34/h4-11,14-17H,12-13,28H2,1-3H3,(H,33,34)(H,29,31,32). The second kappa shape index (κ2) is 9.47. The van der Waals surface area contributed by atoms with Crippen LogP contribution < -0.4 is 11.1 Å². The van der Waals surface area contributed by atoms with Gasteiger partial charge >= 0.3 is 5.97 Å². The van der Waals surface area contributed by atoms with Gasteiger partial charge in [0.2, 0.25) is 0 Å². The molecule has 3 aromatic rings. The van der Waals surface area contributed by atoms with Crippen molar-refractivity contribution >= 4 is 23.2 Å². The van der Waals surface area contributed by atoms with Crippen LogP contribution in [0.2, 0.25) is 0 Å². The van der Waals surface area contributed by atoms with E-state index in [2.05, 4.69) is 34.1 Å². The third-order valence-electron chi connectivity index (χ3n) is 6.26. The maximum Gasteiger partial charge on any atom is 0.314 e. The van der Waals surface area contributed by atoms with Crippen molar-refractivity contribution < 1.29 is 9.90 Å². The Kier molecular flexibility index (Phi) is 6.45. The van der Waals surface area contributed by atoms with Crippen LogP contribution in [0.15, 0.2) is 72.1 Å². The van der Waals surface area contributed by atoms with Crippen molar-refractivity contribution in [2.45, 2.75) is 38.0 Å². The van der Waals surface area contributed by atoms with Gasteiger partial charge in [-0.1, -0.05) is 62.4 Å². The molecule has 1 heterocycles. The summed E-state index contributed by atoms with van der Waals surface area (Å²) in [7, 11) is 1.70. The van der Waals surface area contributed by atoms with Crippen LogP contribution in [0.1, 0.15) is 49.4 Å². The number of aromatic nitrogens is 2. The lowest BCUT2D eigenvalue weighted by molar-refractivity contribution is -0.140. The monoisotopic (exact) mass is 455 g/mol. The van der Waals surface area contributed by atoms with Crippen LogP contribution in [0.4, 0.5) is 5.82 Å². The van der Waals surface area contributed by atoms with E-state index in [9.17, 15) is 9.90 Å². The summed E-state index contributed by atoms with van der Waals surface area (Å²) in [5.74, 6) is 0.729. The molecule has 0 saturated heterocycles. The fourth-order valence-electron chi connectivity index (χ4n) is 3.97. The number of rotatable bonds is 7. The largest absolute Gasteiger partial charge is 0.481 e. The highest BCUT2D eigenvalue weighted by Gasteiger charge is 2.51. The maximum atomic E-state index is 11.6. The minimum absolute atomic E-state index is 0.265. The maximum absolute atomic E-state index is 11.6. The fourth-order valence-corrected chi connectivity index (χ4v) is 3.97. The Bertz CT molecular complexity index is 1240. The first kappa shape index (κ1) is 23.2. The van der Waals surface area contributed by atoms with E-state index in [1.807, 2.05) is 48.5 Å². The van der Waals surface area contributed by atoms with Gasteiger partial charge in [0.15, 0.2) is 0 Å². The van der Waals surface area contributed by atoms with E-state index in [4.69, 9.17) is 5.73 Å². The van der Waals surface area contributed by atoms with E-state index >= 15 is 0 Å². The van der Waals surface area contributed by atoms with Gasteiger partial charge in [0.1, 0.15) is 11.7 Å². The predicted octanol–water partition coefficient (Wildman–Crippen LogP) is 4.82. The third kappa shape index (κ3) is 4.55. The Hall–Kier alpha value is -4.00. The Balaban J connectivity index is 1.53. The molecule has 0 bridgehead atoms. The molecule has 2 aromatic carbocycles. The number of aliphatic carboxylic acids is 1. The molecule has 1 saturated carbocycles. The summed E-state index contributed by atoms with van der Waals surface area (Å²) in [5.41, 5.74) is 10.8. The Morgan fingerprint density at radius 1 is 1.09 bits per heavy atom. The second-order valence-electron chi connectivity index (χ2n) is 8.80. The average molecular weight is 456 g/mol. The number of nitrogens with two attached hydrogens (primary N) is 1. The molecule has 7 heteroatoms. The van der Waals surface area contributed by atoms with Crippen LogP contribution in [-0.4, -0.2) is 33.9 Å². The first-order chi connectivity index (χ1) is 16.4. The molecule has 4 N–H and O–H groups in total. The van der Waals surface area contributed by atoms with E-state index < -0.39 is 11.4 Å². The first-order valence-electron chi connectivity index (χ1n) is 11.3. The highest BCUT2D eigenvalue weighted by Crippen LogP contribution is 2.48. The SMILES string of the molecule is CN=C(Nc1cncc(C(C)C)n1)C(=CN)c1ccc(-c2ccc(C3(C(=O)O)CC3)cc2)cc1. The Labute approximate surface area is 199 Å². The topological polar surface area (TPSA) is 113 Å². The lowest BCUT2D eigenvalue weighted by atomic mass is 9.93. The smallest absolute Gasteiger partial charge is 0.314 e. The summed E-state index contributed by atoms with van der Waals surface area (Å²) in [4.78, 5) is 24.8. The number of benzene rings is 2. The van der Waals surface area contributed by atoms with Gasteiger partial charge < -0.3 is 16.2 Å². The summed E-state index contributed by atoms with van der Waals surface area (Å²) >= 11 is 0. The molecular formula is C27H29N5O2. The number of amidine groups is 1. The van der Waals surface area contributed by atoms with E-state index in [-0.39, 0.29) is 5.92 Å². The number of nitrogens with one attached hydrogen (secondary N) is 1. The van der Waals surface area contributed by atoms with Crippen LogP contribution in [0, 0.1) is 0 Å². The number of carboxylic acids is 1. The number of anilines is 1. The van der Waals surface area contributed by atoms with Crippen LogP contribution in [0.5, 0.6) is 0 Å². The van der Waals surface area contributed by atoms with Gasteiger partial charge in [0.25, 0.3) is 0 Å². The van der Waals surface area contributed by atoms with Crippen molar-refractivity contribution in [1.29, 1.82) is 0 Å². The zero-order valence-electron chi connectivity index (χ0n) is 19.6. The van der Waals surface area contributed by atoms with Crippen molar-refractivity contribution in [1.82, 2.24) is 9.97 Å². The number of nitrogens with zero attached hydrogens (tertiary/aromatic N) is 3. The van der Waals surface area contributed by atoms with Gasteiger partial charge in [-0.15, -0.1) is 0 Å². The van der Waals surface area contributed by atoms with Crippen LogP contribution in [-0.2, 0) is 10.2 Å². The lowest BCUT2D eigenvalue weighted by Crippen LogP contribution is -2.19. The molecule has 1 aromatic heterocycles. The number of carboxylic acid groups (broad SMARTS) is 1. The Morgan fingerprint density at radius 3 is 2.21 bits per heavy atom. The van der Waals surface area contributed by atoms with Gasteiger partial charge in [-0.2, -0.15) is 0 Å². The normalized spacial score (nSPS) is 15.3.